The Hall–Kier alpha value is -1.95. The van der Waals surface area contributed by atoms with Gasteiger partial charge in [-0.15, -0.1) is 0 Å². The van der Waals surface area contributed by atoms with Crippen LogP contribution in [0.4, 0.5) is 10.2 Å². The number of halogens is 1. The summed E-state index contributed by atoms with van der Waals surface area (Å²) in [6.45, 7) is 3.43. The monoisotopic (exact) mass is 303 g/mol. The van der Waals surface area contributed by atoms with Crippen molar-refractivity contribution < 1.29 is 13.7 Å². The maximum absolute atomic E-state index is 13.5. The molecule has 0 bridgehead atoms. The van der Waals surface area contributed by atoms with Gasteiger partial charge < -0.3 is 14.2 Å². The summed E-state index contributed by atoms with van der Waals surface area (Å²) in [6.07, 6.45) is 3.05. The van der Waals surface area contributed by atoms with Crippen molar-refractivity contribution in [2.45, 2.75) is 18.9 Å². The first-order valence-electron chi connectivity index (χ1n) is 7.74. The van der Waals surface area contributed by atoms with E-state index in [1.165, 1.54) is 12.1 Å². The van der Waals surface area contributed by atoms with Gasteiger partial charge in [-0.1, -0.05) is 5.16 Å². The van der Waals surface area contributed by atoms with Gasteiger partial charge in [-0.3, -0.25) is 4.90 Å². The highest BCUT2D eigenvalue weighted by molar-refractivity contribution is 5.88. The van der Waals surface area contributed by atoms with Crippen LogP contribution in [0.1, 0.15) is 12.8 Å². The summed E-state index contributed by atoms with van der Waals surface area (Å²) in [6, 6.07) is 4.92. The van der Waals surface area contributed by atoms with Crippen LogP contribution < -0.4 is 4.90 Å². The van der Waals surface area contributed by atoms with Gasteiger partial charge in [-0.25, -0.2) is 4.39 Å². The molecule has 6 heteroatoms. The molecule has 3 heterocycles. The molecule has 0 unspecified atom stereocenters. The molecule has 1 aromatic heterocycles. The molecule has 4 rings (SSSR count). The first-order chi connectivity index (χ1) is 10.7. The van der Waals surface area contributed by atoms with Gasteiger partial charge in [0, 0.05) is 38.1 Å². The third-order valence-electron chi connectivity index (χ3n) is 4.85. The molecule has 5 nitrogen and oxygen atoms in total. The summed E-state index contributed by atoms with van der Waals surface area (Å²) < 4.78 is 18.8. The van der Waals surface area contributed by atoms with Gasteiger partial charge >= 0.3 is 0 Å². The number of piperazine rings is 1. The summed E-state index contributed by atoms with van der Waals surface area (Å²) in [5.74, 6) is 0.624. The normalized spacial score (nSPS) is 26.1. The molecule has 2 fully saturated rings. The summed E-state index contributed by atoms with van der Waals surface area (Å²) in [7, 11) is 0. The molecule has 116 valence electrons. The Balaban J connectivity index is 1.57. The van der Waals surface area contributed by atoms with E-state index in [1.54, 1.807) is 6.07 Å². The number of aromatic nitrogens is 1. The number of nitrogens with zero attached hydrogens (tertiary/aromatic N) is 3. The van der Waals surface area contributed by atoms with Crippen LogP contribution in [0.15, 0.2) is 22.7 Å². The van der Waals surface area contributed by atoms with Crippen LogP contribution in [0.25, 0.3) is 11.0 Å². The fraction of sp³-hybridized carbons (Fsp3) is 0.500. The Morgan fingerprint density at radius 2 is 2.18 bits per heavy atom. The number of hydrogen-bond donors (Lipinski definition) is 0. The quantitative estimate of drug-likeness (QED) is 0.795. The maximum atomic E-state index is 13.5. The van der Waals surface area contributed by atoms with Crippen molar-refractivity contribution in [2.24, 2.45) is 5.92 Å². The van der Waals surface area contributed by atoms with Crippen LogP contribution in [0, 0.1) is 11.7 Å². The topological polar surface area (TPSA) is 49.6 Å². The number of anilines is 1. The van der Waals surface area contributed by atoms with Crippen molar-refractivity contribution in [1.82, 2.24) is 10.1 Å². The SMILES string of the molecule is O=C[C@H]1CC[C@H]2CN(c3noc4ccc(F)cc34)CCN2C1. The second kappa shape index (κ2) is 5.35. The number of rotatable bonds is 2. The van der Waals surface area contributed by atoms with Crippen molar-refractivity contribution in [3.63, 3.8) is 0 Å². The molecule has 0 spiro atoms. The molecule has 22 heavy (non-hydrogen) atoms. The van der Waals surface area contributed by atoms with Gasteiger partial charge in [0.1, 0.15) is 12.1 Å². The predicted octanol–water partition coefficient (Wildman–Crippen LogP) is 2.07. The zero-order valence-corrected chi connectivity index (χ0v) is 12.2. The lowest BCUT2D eigenvalue weighted by molar-refractivity contribution is -0.113. The fourth-order valence-corrected chi connectivity index (χ4v) is 3.64. The highest BCUT2D eigenvalue weighted by atomic mass is 19.1. The molecular weight excluding hydrogens is 285 g/mol. The molecular formula is C16H18FN3O2. The minimum atomic E-state index is -0.276. The fourth-order valence-electron chi connectivity index (χ4n) is 3.64. The molecule has 2 aliphatic heterocycles. The largest absolute Gasteiger partial charge is 0.354 e. The van der Waals surface area contributed by atoms with Gasteiger partial charge in [0.25, 0.3) is 0 Å². The Kier molecular flexibility index (Phi) is 3.33. The average molecular weight is 303 g/mol. The number of piperidine rings is 1. The smallest absolute Gasteiger partial charge is 0.180 e. The highest BCUT2D eigenvalue weighted by Crippen LogP contribution is 2.31. The lowest BCUT2D eigenvalue weighted by Gasteiger charge is -2.45. The van der Waals surface area contributed by atoms with Crippen LogP contribution in [-0.4, -0.2) is 48.6 Å². The van der Waals surface area contributed by atoms with Crippen LogP contribution >= 0.6 is 0 Å². The lowest BCUT2D eigenvalue weighted by atomic mass is 9.92. The Labute approximate surface area is 127 Å². The van der Waals surface area contributed by atoms with Gasteiger partial charge in [-0.05, 0) is 31.0 Å². The number of fused-ring (bicyclic) bond motifs is 2. The molecule has 2 aliphatic rings. The molecule has 2 atom stereocenters. The van der Waals surface area contributed by atoms with Crippen molar-refractivity contribution >= 4 is 23.1 Å². The van der Waals surface area contributed by atoms with Gasteiger partial charge in [0.2, 0.25) is 0 Å². The Bertz CT molecular complexity index is 702. The highest BCUT2D eigenvalue weighted by Gasteiger charge is 2.34. The zero-order chi connectivity index (χ0) is 15.1. The van der Waals surface area contributed by atoms with Crippen molar-refractivity contribution in [3.05, 3.63) is 24.0 Å². The van der Waals surface area contributed by atoms with Crippen molar-refractivity contribution in [3.8, 4) is 0 Å². The second-order valence-electron chi connectivity index (χ2n) is 6.21. The molecule has 0 radical (unpaired) electrons. The van der Waals surface area contributed by atoms with E-state index in [0.717, 1.165) is 56.5 Å². The molecule has 0 amide bonds. The van der Waals surface area contributed by atoms with E-state index < -0.39 is 0 Å². The number of aldehydes is 1. The molecule has 2 saturated heterocycles. The molecule has 0 N–H and O–H groups in total. The van der Waals surface area contributed by atoms with Crippen molar-refractivity contribution in [1.29, 1.82) is 0 Å². The van der Waals surface area contributed by atoms with Gasteiger partial charge in [0.05, 0.1) is 5.39 Å². The molecule has 0 aliphatic carbocycles. The van der Waals surface area contributed by atoms with Gasteiger partial charge in [0.15, 0.2) is 11.4 Å². The van der Waals surface area contributed by atoms with Crippen LogP contribution in [-0.2, 0) is 4.79 Å². The Morgan fingerprint density at radius 1 is 1.27 bits per heavy atom. The van der Waals surface area contributed by atoms with E-state index in [2.05, 4.69) is 15.0 Å². The van der Waals surface area contributed by atoms with Crippen LogP contribution in [0.3, 0.4) is 0 Å². The van der Waals surface area contributed by atoms with E-state index in [0.29, 0.717) is 11.6 Å². The van der Waals surface area contributed by atoms with E-state index in [4.69, 9.17) is 4.52 Å². The third kappa shape index (κ3) is 2.27. The first kappa shape index (κ1) is 13.7. The van der Waals surface area contributed by atoms with Gasteiger partial charge in [-0.2, -0.15) is 0 Å². The standard InChI is InChI=1S/C16H18FN3O2/c17-12-2-4-15-14(7-12)16(18-22-15)20-6-5-19-8-11(10-21)1-3-13(19)9-20/h2,4,7,10-11,13H,1,3,5-6,8-9H2/t11-,13-/m0/s1. The number of benzene rings is 1. The second-order valence-corrected chi connectivity index (χ2v) is 6.21. The van der Waals surface area contributed by atoms with E-state index in [9.17, 15) is 9.18 Å². The van der Waals surface area contributed by atoms with Crippen molar-refractivity contribution in [2.75, 3.05) is 31.1 Å². The summed E-state index contributed by atoms with van der Waals surface area (Å²) >= 11 is 0. The third-order valence-corrected chi connectivity index (χ3v) is 4.85. The number of carbonyl (C=O) groups excluding carboxylic acids is 1. The maximum Gasteiger partial charge on any atom is 0.180 e. The minimum Gasteiger partial charge on any atom is -0.354 e. The predicted molar refractivity (Wildman–Crippen MR) is 80.3 cm³/mol. The average Bonchev–Trinajstić information content (AvgIpc) is 2.96. The summed E-state index contributed by atoms with van der Waals surface area (Å²) in [5, 5.41) is 4.87. The number of carbonyl (C=O) groups is 1. The zero-order valence-electron chi connectivity index (χ0n) is 12.2. The lowest BCUT2D eigenvalue weighted by Crippen LogP contribution is -2.56. The summed E-state index contributed by atoms with van der Waals surface area (Å²) in [4.78, 5) is 15.5. The summed E-state index contributed by atoms with van der Waals surface area (Å²) in [5.41, 5.74) is 0.614. The van der Waals surface area contributed by atoms with Crippen LogP contribution in [0.2, 0.25) is 0 Å². The molecule has 2 aromatic rings. The Morgan fingerprint density at radius 3 is 3.05 bits per heavy atom. The van der Waals surface area contributed by atoms with E-state index >= 15 is 0 Å². The molecule has 1 aromatic carbocycles. The number of hydrogen-bond acceptors (Lipinski definition) is 5. The first-order valence-corrected chi connectivity index (χ1v) is 7.74. The van der Waals surface area contributed by atoms with Crippen LogP contribution in [0.5, 0.6) is 0 Å². The minimum absolute atomic E-state index is 0.171. The molecule has 0 saturated carbocycles. The van der Waals surface area contributed by atoms with E-state index in [-0.39, 0.29) is 11.7 Å². The van der Waals surface area contributed by atoms with E-state index in [1.807, 2.05) is 0 Å².